The highest BCUT2D eigenvalue weighted by Gasteiger charge is 2.12. The van der Waals surface area contributed by atoms with Crippen LogP contribution in [0.4, 0.5) is 16.2 Å². The van der Waals surface area contributed by atoms with E-state index in [4.69, 9.17) is 0 Å². The van der Waals surface area contributed by atoms with Crippen molar-refractivity contribution >= 4 is 11.8 Å². The number of aromatic nitrogens is 3. The van der Waals surface area contributed by atoms with E-state index in [1.807, 2.05) is 25.1 Å². The largest absolute Gasteiger partial charge is 0.354 e. The number of pyridine rings is 1. The van der Waals surface area contributed by atoms with E-state index in [1.165, 1.54) is 6.20 Å². The lowest BCUT2D eigenvalue weighted by Gasteiger charge is -2.18. The molecule has 106 valence electrons. The number of hydrogen-bond donors (Lipinski definition) is 1. The molecule has 0 amide bonds. The van der Waals surface area contributed by atoms with Crippen molar-refractivity contribution in [3.05, 3.63) is 42.1 Å². The third-order valence-corrected chi connectivity index (χ3v) is 2.75. The lowest BCUT2D eigenvalue weighted by atomic mass is 10.3. The summed E-state index contributed by atoms with van der Waals surface area (Å²) < 4.78 is 13.8. The minimum atomic E-state index is -0.439. The molecule has 2 aromatic rings. The van der Waals surface area contributed by atoms with Crippen LogP contribution in [0.5, 0.6) is 0 Å². The summed E-state index contributed by atoms with van der Waals surface area (Å²) in [5.74, 6) is 0.269. The van der Waals surface area contributed by atoms with Gasteiger partial charge < -0.3 is 10.2 Å². The predicted octanol–water partition coefficient (Wildman–Crippen LogP) is 2.47. The Morgan fingerprint density at radius 2 is 2.15 bits per heavy atom. The van der Waals surface area contributed by atoms with Gasteiger partial charge in [0.15, 0.2) is 11.6 Å². The quantitative estimate of drug-likeness (QED) is 0.877. The van der Waals surface area contributed by atoms with Gasteiger partial charge in [-0.25, -0.2) is 9.37 Å². The summed E-state index contributed by atoms with van der Waals surface area (Å²) in [6.07, 6.45) is 3.86. The van der Waals surface area contributed by atoms with Crippen molar-refractivity contribution in [1.82, 2.24) is 15.0 Å². The van der Waals surface area contributed by atoms with Gasteiger partial charge in [0.2, 0.25) is 5.95 Å². The van der Waals surface area contributed by atoms with E-state index in [1.54, 1.807) is 18.1 Å². The van der Waals surface area contributed by atoms with Crippen LogP contribution in [-0.4, -0.2) is 28.5 Å². The molecule has 5 nitrogen and oxygen atoms in total. The number of nitrogens with one attached hydrogen (secondary N) is 1. The SMILES string of the molecule is CCCNc1ncc(F)c(N(C)Cc2ccccn2)n1. The topological polar surface area (TPSA) is 53.9 Å². The summed E-state index contributed by atoms with van der Waals surface area (Å²) in [6, 6.07) is 5.65. The highest BCUT2D eigenvalue weighted by atomic mass is 19.1. The molecule has 0 fully saturated rings. The molecule has 0 unspecified atom stereocenters. The average molecular weight is 275 g/mol. The molecule has 0 spiro atoms. The zero-order valence-corrected chi connectivity index (χ0v) is 11.7. The van der Waals surface area contributed by atoms with Crippen molar-refractivity contribution in [1.29, 1.82) is 0 Å². The second-order valence-corrected chi connectivity index (χ2v) is 4.47. The van der Waals surface area contributed by atoms with Crippen molar-refractivity contribution in [2.24, 2.45) is 0 Å². The summed E-state index contributed by atoms with van der Waals surface area (Å²) >= 11 is 0. The summed E-state index contributed by atoms with van der Waals surface area (Å²) in [4.78, 5) is 14.1. The van der Waals surface area contributed by atoms with Gasteiger partial charge >= 0.3 is 0 Å². The molecule has 0 saturated heterocycles. The highest BCUT2D eigenvalue weighted by Crippen LogP contribution is 2.17. The van der Waals surface area contributed by atoms with Crippen molar-refractivity contribution in [2.75, 3.05) is 23.8 Å². The van der Waals surface area contributed by atoms with Gasteiger partial charge in [-0.3, -0.25) is 4.98 Å². The molecule has 0 aliphatic carbocycles. The van der Waals surface area contributed by atoms with E-state index >= 15 is 0 Å². The molecule has 0 aliphatic rings. The van der Waals surface area contributed by atoms with Gasteiger partial charge in [-0.15, -0.1) is 0 Å². The third-order valence-electron chi connectivity index (χ3n) is 2.75. The van der Waals surface area contributed by atoms with Crippen LogP contribution in [0.25, 0.3) is 0 Å². The summed E-state index contributed by atoms with van der Waals surface area (Å²) in [7, 11) is 1.78. The molecule has 0 aliphatic heterocycles. The monoisotopic (exact) mass is 275 g/mol. The fourth-order valence-electron chi connectivity index (χ4n) is 1.76. The Balaban J connectivity index is 2.13. The zero-order chi connectivity index (χ0) is 14.4. The van der Waals surface area contributed by atoms with Gasteiger partial charge in [0.05, 0.1) is 18.4 Å². The fourth-order valence-corrected chi connectivity index (χ4v) is 1.76. The van der Waals surface area contributed by atoms with Crippen molar-refractivity contribution in [3.8, 4) is 0 Å². The second-order valence-electron chi connectivity index (χ2n) is 4.47. The number of rotatable bonds is 6. The van der Waals surface area contributed by atoms with E-state index < -0.39 is 5.82 Å². The molecular formula is C14H18FN5. The Kier molecular flexibility index (Phi) is 4.81. The molecule has 0 radical (unpaired) electrons. The summed E-state index contributed by atoms with van der Waals surface area (Å²) in [6.45, 7) is 3.29. The van der Waals surface area contributed by atoms with E-state index in [0.717, 1.165) is 18.7 Å². The van der Waals surface area contributed by atoms with E-state index in [0.29, 0.717) is 12.5 Å². The minimum absolute atomic E-state index is 0.268. The fraction of sp³-hybridized carbons (Fsp3) is 0.357. The van der Waals surface area contributed by atoms with Gasteiger partial charge in [-0.05, 0) is 18.6 Å². The lowest BCUT2D eigenvalue weighted by molar-refractivity contribution is 0.607. The molecule has 0 atom stereocenters. The van der Waals surface area contributed by atoms with Crippen molar-refractivity contribution < 1.29 is 4.39 Å². The molecule has 20 heavy (non-hydrogen) atoms. The maximum Gasteiger partial charge on any atom is 0.224 e. The first-order chi connectivity index (χ1) is 9.70. The van der Waals surface area contributed by atoms with Crippen LogP contribution in [0.2, 0.25) is 0 Å². The normalized spacial score (nSPS) is 10.3. The van der Waals surface area contributed by atoms with Crippen LogP contribution in [0, 0.1) is 5.82 Å². The Bertz CT molecular complexity index is 547. The average Bonchev–Trinajstić information content (AvgIpc) is 2.47. The maximum atomic E-state index is 13.8. The van der Waals surface area contributed by atoms with Gasteiger partial charge in [0.1, 0.15) is 0 Å². The maximum absolute atomic E-state index is 13.8. The first kappa shape index (κ1) is 14.2. The Morgan fingerprint density at radius 1 is 1.30 bits per heavy atom. The summed E-state index contributed by atoms with van der Waals surface area (Å²) in [5.41, 5.74) is 0.857. The molecule has 2 heterocycles. The lowest BCUT2D eigenvalue weighted by Crippen LogP contribution is -2.21. The molecule has 2 rings (SSSR count). The number of halogens is 1. The van der Waals surface area contributed by atoms with Gasteiger partial charge in [0, 0.05) is 19.8 Å². The standard InChI is InChI=1S/C14H18FN5/c1-3-7-17-14-18-9-12(15)13(19-14)20(2)10-11-6-4-5-8-16-11/h4-6,8-9H,3,7,10H2,1-2H3,(H,17,18,19). The minimum Gasteiger partial charge on any atom is -0.354 e. The molecule has 6 heteroatoms. The van der Waals surface area contributed by atoms with Crippen LogP contribution in [0.3, 0.4) is 0 Å². The van der Waals surface area contributed by atoms with E-state index in [9.17, 15) is 4.39 Å². The first-order valence-corrected chi connectivity index (χ1v) is 6.58. The second kappa shape index (κ2) is 6.79. The predicted molar refractivity (Wildman–Crippen MR) is 77.1 cm³/mol. The Hall–Kier alpha value is -2.24. The van der Waals surface area contributed by atoms with Crippen LogP contribution >= 0.6 is 0 Å². The third kappa shape index (κ3) is 3.63. The Morgan fingerprint density at radius 3 is 2.85 bits per heavy atom. The van der Waals surface area contributed by atoms with Gasteiger partial charge in [-0.1, -0.05) is 13.0 Å². The van der Waals surface area contributed by atoms with E-state index in [2.05, 4.69) is 20.3 Å². The molecule has 0 bridgehead atoms. The zero-order valence-electron chi connectivity index (χ0n) is 11.7. The molecule has 1 N–H and O–H groups in total. The van der Waals surface area contributed by atoms with Gasteiger partial charge in [0.25, 0.3) is 0 Å². The molecule has 0 aromatic carbocycles. The molecule has 0 saturated carbocycles. The summed E-state index contributed by atoms with van der Waals surface area (Å²) in [5, 5.41) is 3.05. The van der Waals surface area contributed by atoms with Crippen molar-refractivity contribution in [3.63, 3.8) is 0 Å². The van der Waals surface area contributed by atoms with Crippen LogP contribution in [0.15, 0.2) is 30.6 Å². The number of anilines is 2. The van der Waals surface area contributed by atoms with Crippen molar-refractivity contribution in [2.45, 2.75) is 19.9 Å². The Labute approximate surface area is 117 Å². The van der Waals surface area contributed by atoms with Crippen LogP contribution < -0.4 is 10.2 Å². The number of nitrogens with zero attached hydrogens (tertiary/aromatic N) is 4. The first-order valence-electron chi connectivity index (χ1n) is 6.58. The highest BCUT2D eigenvalue weighted by molar-refractivity contribution is 5.43. The van der Waals surface area contributed by atoms with Gasteiger partial charge in [-0.2, -0.15) is 4.98 Å². The molecular weight excluding hydrogens is 257 g/mol. The van der Waals surface area contributed by atoms with E-state index in [-0.39, 0.29) is 5.82 Å². The van der Waals surface area contributed by atoms with Crippen LogP contribution in [-0.2, 0) is 6.54 Å². The number of hydrogen-bond acceptors (Lipinski definition) is 5. The smallest absolute Gasteiger partial charge is 0.224 e. The molecule has 2 aromatic heterocycles. The van der Waals surface area contributed by atoms with Crippen LogP contribution in [0.1, 0.15) is 19.0 Å².